The summed E-state index contributed by atoms with van der Waals surface area (Å²) >= 11 is 0. The first kappa shape index (κ1) is 24.3. The Morgan fingerprint density at radius 1 is 1.24 bits per heavy atom. The Morgan fingerprint density at radius 3 is 2.62 bits per heavy atom. The zero-order chi connectivity index (χ0) is 23.9. The fourth-order valence-corrected chi connectivity index (χ4v) is 6.02. The smallest absolute Gasteiger partial charge is 0.410 e. The lowest BCUT2D eigenvalue weighted by Gasteiger charge is -2.43. The first-order valence-electron chi connectivity index (χ1n) is 12.8. The van der Waals surface area contributed by atoms with Crippen molar-refractivity contribution in [1.29, 1.82) is 0 Å². The maximum Gasteiger partial charge on any atom is 0.410 e. The van der Waals surface area contributed by atoms with Gasteiger partial charge >= 0.3 is 6.09 Å². The van der Waals surface area contributed by atoms with Crippen LogP contribution in [0, 0.1) is 5.92 Å². The quantitative estimate of drug-likeness (QED) is 0.413. The maximum atomic E-state index is 12.9. The molecule has 8 nitrogen and oxygen atoms in total. The van der Waals surface area contributed by atoms with Crippen LogP contribution in [-0.2, 0) is 23.7 Å². The van der Waals surface area contributed by atoms with Crippen LogP contribution in [0.15, 0.2) is 23.3 Å². The third-order valence-electron chi connectivity index (χ3n) is 8.28. The lowest BCUT2D eigenvalue weighted by Crippen LogP contribution is -2.57. The molecule has 4 aliphatic heterocycles. The minimum Gasteiger partial charge on any atom is -0.443 e. The van der Waals surface area contributed by atoms with Gasteiger partial charge < -0.3 is 28.6 Å². The van der Waals surface area contributed by atoms with Crippen molar-refractivity contribution in [2.24, 2.45) is 5.92 Å². The van der Waals surface area contributed by atoms with Crippen molar-refractivity contribution in [2.75, 3.05) is 59.7 Å². The van der Waals surface area contributed by atoms with Gasteiger partial charge in [-0.3, -0.25) is 4.90 Å². The van der Waals surface area contributed by atoms with Gasteiger partial charge in [0.05, 0.1) is 31.8 Å². The third kappa shape index (κ3) is 4.80. The second kappa shape index (κ2) is 9.54. The Kier molecular flexibility index (Phi) is 6.81. The van der Waals surface area contributed by atoms with Crippen LogP contribution in [0.25, 0.3) is 0 Å². The summed E-state index contributed by atoms with van der Waals surface area (Å²) in [6.07, 6.45) is 6.36. The highest BCUT2D eigenvalue weighted by molar-refractivity contribution is 5.70. The predicted molar refractivity (Wildman–Crippen MR) is 127 cm³/mol. The molecular formula is C26H40N2O6. The second-order valence-electron chi connectivity index (χ2n) is 10.9. The van der Waals surface area contributed by atoms with Gasteiger partial charge in [-0.25, -0.2) is 4.79 Å². The van der Waals surface area contributed by atoms with Crippen LogP contribution in [-0.4, -0.2) is 105 Å². The van der Waals surface area contributed by atoms with E-state index >= 15 is 0 Å². The molecule has 4 heterocycles. The fraction of sp³-hybridized carbons (Fsp3) is 0.808. The van der Waals surface area contributed by atoms with Gasteiger partial charge in [-0.15, -0.1) is 0 Å². The number of epoxide rings is 2. The zero-order valence-electron chi connectivity index (χ0n) is 21.1. The van der Waals surface area contributed by atoms with Crippen molar-refractivity contribution in [3.8, 4) is 0 Å². The summed E-state index contributed by atoms with van der Waals surface area (Å²) in [4.78, 5) is 17.1. The molecule has 4 saturated heterocycles. The summed E-state index contributed by atoms with van der Waals surface area (Å²) in [7, 11) is 1.72. The van der Waals surface area contributed by atoms with Crippen LogP contribution >= 0.6 is 0 Å². The molecule has 0 aromatic carbocycles. The molecule has 0 N–H and O–H groups in total. The topological polar surface area (TPSA) is 76.3 Å². The number of hydrogen-bond donors (Lipinski definition) is 0. The van der Waals surface area contributed by atoms with Gasteiger partial charge in [0.2, 0.25) is 0 Å². The van der Waals surface area contributed by atoms with Crippen LogP contribution in [0.2, 0.25) is 0 Å². The molecule has 6 atom stereocenters. The zero-order valence-corrected chi connectivity index (χ0v) is 21.1. The number of amides is 1. The van der Waals surface area contributed by atoms with Gasteiger partial charge in [-0.05, 0) is 45.6 Å². The highest BCUT2D eigenvalue weighted by Gasteiger charge is 2.72. The largest absolute Gasteiger partial charge is 0.443 e. The van der Waals surface area contributed by atoms with Crippen LogP contribution in [0.1, 0.15) is 40.0 Å². The van der Waals surface area contributed by atoms with E-state index in [0.717, 1.165) is 58.7 Å². The van der Waals surface area contributed by atoms with Crippen LogP contribution in [0.3, 0.4) is 0 Å². The standard InChI is InChI=1S/C26H40N2O6/c1-18(2)5-6-21-25(3,34-21)23-22(30-4)20(7-9-26(23)17-32-26)33-24(29)28-15-19(16-28)8-10-27-11-13-31-14-12-27/h5,8,20-23H,6-7,9-17H2,1-4H3/t20-,21-,22-,23?,25+,26+/m1/s1. The minimum absolute atomic E-state index is 0.0486. The van der Waals surface area contributed by atoms with E-state index in [1.165, 1.54) is 11.1 Å². The molecule has 1 amide bonds. The Bertz CT molecular complexity index is 821. The summed E-state index contributed by atoms with van der Waals surface area (Å²) in [6.45, 7) is 12.9. The highest BCUT2D eigenvalue weighted by Crippen LogP contribution is 2.59. The van der Waals surface area contributed by atoms with Crippen LogP contribution in [0.5, 0.6) is 0 Å². The highest BCUT2D eigenvalue weighted by atomic mass is 16.6. The lowest BCUT2D eigenvalue weighted by atomic mass is 9.68. The molecule has 0 bridgehead atoms. The molecule has 0 radical (unpaired) electrons. The Morgan fingerprint density at radius 2 is 1.97 bits per heavy atom. The van der Waals surface area contributed by atoms with Gasteiger partial charge in [0.1, 0.15) is 23.4 Å². The number of hydrogen-bond acceptors (Lipinski definition) is 7. The Hall–Kier alpha value is -1.45. The molecule has 5 aliphatic rings. The van der Waals surface area contributed by atoms with E-state index in [9.17, 15) is 4.79 Å². The van der Waals surface area contributed by atoms with Crippen molar-refractivity contribution in [1.82, 2.24) is 9.80 Å². The summed E-state index contributed by atoms with van der Waals surface area (Å²) in [6, 6.07) is 0. The van der Waals surface area contributed by atoms with Crippen molar-refractivity contribution in [2.45, 2.75) is 69.5 Å². The monoisotopic (exact) mass is 476 g/mol. The third-order valence-corrected chi connectivity index (χ3v) is 8.28. The number of likely N-dealkylation sites (tertiary alicyclic amines) is 1. The summed E-state index contributed by atoms with van der Waals surface area (Å²) in [5.41, 5.74) is 2.06. The molecular weight excluding hydrogens is 436 g/mol. The summed E-state index contributed by atoms with van der Waals surface area (Å²) in [5.74, 6) is 0.0486. The predicted octanol–water partition coefficient (Wildman–Crippen LogP) is 2.77. The lowest BCUT2D eigenvalue weighted by molar-refractivity contribution is -0.122. The number of carbonyl (C=O) groups is 1. The Balaban J connectivity index is 1.17. The van der Waals surface area contributed by atoms with Gasteiger partial charge in [0.15, 0.2) is 0 Å². The Labute approximate surface area is 203 Å². The number of allylic oxidation sites excluding steroid dienone is 1. The number of carbonyl (C=O) groups excluding carboxylic acids is 1. The van der Waals surface area contributed by atoms with Crippen molar-refractivity contribution < 1.29 is 28.5 Å². The van der Waals surface area contributed by atoms with Crippen LogP contribution in [0.4, 0.5) is 4.79 Å². The molecule has 1 aliphatic carbocycles. The number of ether oxygens (including phenoxy) is 5. The average Bonchev–Trinajstić information content (AvgIpc) is 3.70. The molecule has 8 heteroatoms. The number of nitrogens with zero attached hydrogens (tertiary/aromatic N) is 2. The van der Waals surface area contributed by atoms with Crippen molar-refractivity contribution >= 4 is 6.09 Å². The SMILES string of the molecule is CO[C@H]1C([C@@]2(C)O[C@@H]2CC=C(C)C)[C@]2(CC[C@H]1OC(=O)N1CC(=CCN3CCOCC3)C1)CO2. The number of rotatable bonds is 7. The number of methoxy groups -OCH3 is 1. The molecule has 0 aromatic rings. The first-order valence-corrected chi connectivity index (χ1v) is 12.8. The van der Waals surface area contributed by atoms with E-state index < -0.39 is 0 Å². The molecule has 5 rings (SSSR count). The summed E-state index contributed by atoms with van der Waals surface area (Å²) in [5, 5.41) is 0. The molecule has 34 heavy (non-hydrogen) atoms. The minimum atomic E-state index is -0.319. The first-order chi connectivity index (χ1) is 16.3. The maximum absolute atomic E-state index is 12.9. The van der Waals surface area contributed by atoms with Crippen molar-refractivity contribution in [3.05, 3.63) is 23.3 Å². The molecule has 190 valence electrons. The van der Waals surface area contributed by atoms with Gasteiger partial charge in [0.25, 0.3) is 0 Å². The van der Waals surface area contributed by atoms with Crippen LogP contribution < -0.4 is 0 Å². The van der Waals surface area contributed by atoms with Gasteiger partial charge in [-0.1, -0.05) is 17.7 Å². The van der Waals surface area contributed by atoms with E-state index in [1.807, 2.05) is 0 Å². The van der Waals surface area contributed by atoms with E-state index in [2.05, 4.69) is 37.8 Å². The average molecular weight is 477 g/mol. The second-order valence-corrected chi connectivity index (χ2v) is 10.9. The molecule has 5 fully saturated rings. The number of morpholine rings is 1. The molecule has 0 aromatic heterocycles. The molecule has 1 spiro atoms. The van der Waals surface area contributed by atoms with E-state index in [-0.39, 0.29) is 41.5 Å². The van der Waals surface area contributed by atoms with E-state index in [0.29, 0.717) is 13.1 Å². The fourth-order valence-electron chi connectivity index (χ4n) is 6.02. The normalized spacial score (nSPS) is 39.4. The summed E-state index contributed by atoms with van der Waals surface area (Å²) < 4.78 is 29.7. The van der Waals surface area contributed by atoms with Gasteiger partial charge in [-0.2, -0.15) is 0 Å². The van der Waals surface area contributed by atoms with E-state index in [4.69, 9.17) is 23.7 Å². The van der Waals surface area contributed by atoms with Gasteiger partial charge in [0, 0.05) is 39.8 Å². The molecule has 1 saturated carbocycles. The van der Waals surface area contributed by atoms with E-state index in [1.54, 1.807) is 12.0 Å². The van der Waals surface area contributed by atoms with Crippen molar-refractivity contribution in [3.63, 3.8) is 0 Å². The molecule has 1 unspecified atom stereocenters.